The van der Waals surface area contributed by atoms with Crippen molar-refractivity contribution in [3.63, 3.8) is 0 Å². The van der Waals surface area contributed by atoms with E-state index in [2.05, 4.69) is 0 Å². The number of hydrogen-bond donors (Lipinski definition) is 0. The van der Waals surface area contributed by atoms with Crippen LogP contribution in [0.1, 0.15) is 36.0 Å². The van der Waals surface area contributed by atoms with Crippen molar-refractivity contribution in [3.8, 4) is 5.75 Å². The number of esters is 1. The van der Waals surface area contributed by atoms with Gasteiger partial charge in [0.25, 0.3) is 5.69 Å². The fourth-order valence-corrected chi connectivity index (χ4v) is 3.97. The van der Waals surface area contributed by atoms with Gasteiger partial charge in [-0.2, -0.15) is 0 Å². The van der Waals surface area contributed by atoms with Crippen LogP contribution in [0.25, 0.3) is 0 Å². The third-order valence-corrected chi connectivity index (χ3v) is 5.46. The summed E-state index contributed by atoms with van der Waals surface area (Å²) in [6.45, 7) is 0. The van der Waals surface area contributed by atoms with Gasteiger partial charge in [0.2, 0.25) is 11.8 Å². The Morgan fingerprint density at radius 2 is 1.48 bits per heavy atom. The van der Waals surface area contributed by atoms with Crippen LogP contribution in [-0.4, -0.2) is 22.7 Å². The summed E-state index contributed by atoms with van der Waals surface area (Å²) in [5, 5.41) is 10.7. The molecule has 0 radical (unpaired) electrons. The van der Waals surface area contributed by atoms with Crippen LogP contribution in [0.15, 0.2) is 48.5 Å². The highest BCUT2D eigenvalue weighted by Crippen LogP contribution is 2.40. The molecule has 1 heterocycles. The van der Waals surface area contributed by atoms with Crippen molar-refractivity contribution >= 4 is 29.2 Å². The van der Waals surface area contributed by atoms with Crippen LogP contribution in [0.5, 0.6) is 5.75 Å². The van der Waals surface area contributed by atoms with E-state index >= 15 is 0 Å². The van der Waals surface area contributed by atoms with Gasteiger partial charge in [-0.05, 0) is 49.2 Å². The number of anilines is 1. The van der Waals surface area contributed by atoms with Crippen LogP contribution >= 0.6 is 0 Å². The molecule has 0 unspecified atom stereocenters. The second-order valence-electron chi connectivity index (χ2n) is 7.20. The standard InChI is InChI=1S/C21H18N2O6/c24-19-17-3-1-2-4-18(17)20(25)22(19)14-7-5-13(6-8-14)21(26)29-16-11-9-15(10-12-16)23(27)28/h5-12,17-18H,1-4H2/t17-,18-/m0/s1. The van der Waals surface area contributed by atoms with Crippen molar-refractivity contribution in [1.82, 2.24) is 0 Å². The van der Waals surface area contributed by atoms with Crippen LogP contribution in [0, 0.1) is 22.0 Å². The van der Waals surface area contributed by atoms with Gasteiger partial charge < -0.3 is 4.74 Å². The normalized spacial score (nSPS) is 21.0. The molecule has 0 spiro atoms. The molecule has 29 heavy (non-hydrogen) atoms. The molecule has 1 aliphatic heterocycles. The number of nitrogens with zero attached hydrogens (tertiary/aromatic N) is 2. The largest absolute Gasteiger partial charge is 0.423 e. The first-order chi connectivity index (χ1) is 14.0. The molecule has 148 valence electrons. The molecule has 0 N–H and O–H groups in total. The van der Waals surface area contributed by atoms with Gasteiger partial charge in [-0.25, -0.2) is 4.79 Å². The van der Waals surface area contributed by atoms with Crippen molar-refractivity contribution in [2.24, 2.45) is 11.8 Å². The number of benzene rings is 2. The molecule has 8 nitrogen and oxygen atoms in total. The molecule has 1 saturated heterocycles. The highest BCUT2D eigenvalue weighted by molar-refractivity contribution is 6.22. The van der Waals surface area contributed by atoms with Gasteiger partial charge in [0.15, 0.2) is 0 Å². The molecule has 1 saturated carbocycles. The molecule has 2 aromatic rings. The van der Waals surface area contributed by atoms with Crippen LogP contribution in [0.2, 0.25) is 0 Å². The minimum absolute atomic E-state index is 0.102. The number of nitro benzene ring substituents is 1. The van der Waals surface area contributed by atoms with Crippen LogP contribution < -0.4 is 9.64 Å². The number of nitro groups is 1. The van der Waals surface area contributed by atoms with Gasteiger partial charge in [-0.15, -0.1) is 0 Å². The summed E-state index contributed by atoms with van der Waals surface area (Å²) < 4.78 is 5.21. The van der Waals surface area contributed by atoms with E-state index in [4.69, 9.17) is 4.74 Å². The van der Waals surface area contributed by atoms with Crippen molar-refractivity contribution in [2.45, 2.75) is 25.7 Å². The maximum atomic E-state index is 12.7. The van der Waals surface area contributed by atoms with Gasteiger partial charge >= 0.3 is 5.97 Å². The molecule has 2 amide bonds. The second-order valence-corrected chi connectivity index (χ2v) is 7.20. The molecule has 1 aliphatic carbocycles. The summed E-state index contributed by atoms with van der Waals surface area (Å²) >= 11 is 0. The Hall–Kier alpha value is -3.55. The first-order valence-corrected chi connectivity index (χ1v) is 9.40. The first kappa shape index (κ1) is 18.8. The highest BCUT2D eigenvalue weighted by Gasteiger charge is 2.48. The summed E-state index contributed by atoms with van der Waals surface area (Å²) in [6.07, 6.45) is 3.40. The number of fused-ring (bicyclic) bond motifs is 1. The molecule has 2 atom stereocenters. The Kier molecular flexibility index (Phi) is 4.84. The SMILES string of the molecule is O=C(Oc1ccc([N+](=O)[O-])cc1)c1ccc(N2C(=O)[C@H]3CCCC[C@@H]3C2=O)cc1. The van der Waals surface area contributed by atoms with E-state index in [0.717, 1.165) is 25.7 Å². The average Bonchev–Trinajstić information content (AvgIpc) is 2.99. The van der Waals surface area contributed by atoms with Crippen molar-refractivity contribution in [3.05, 3.63) is 64.2 Å². The van der Waals surface area contributed by atoms with E-state index in [9.17, 15) is 24.5 Å². The van der Waals surface area contributed by atoms with E-state index in [1.165, 1.54) is 41.3 Å². The number of amides is 2. The van der Waals surface area contributed by atoms with Crippen molar-refractivity contribution < 1.29 is 24.0 Å². The zero-order chi connectivity index (χ0) is 20.5. The minimum atomic E-state index is -0.641. The average molecular weight is 394 g/mol. The van der Waals surface area contributed by atoms with E-state index in [1.807, 2.05) is 0 Å². The zero-order valence-corrected chi connectivity index (χ0v) is 15.4. The summed E-state index contributed by atoms with van der Waals surface area (Å²) in [4.78, 5) is 49.0. The highest BCUT2D eigenvalue weighted by atomic mass is 16.6. The molecule has 2 aromatic carbocycles. The lowest BCUT2D eigenvalue weighted by atomic mass is 9.81. The molecule has 8 heteroatoms. The molecule has 0 bridgehead atoms. The lowest BCUT2D eigenvalue weighted by molar-refractivity contribution is -0.384. The number of rotatable bonds is 4. The lowest BCUT2D eigenvalue weighted by Crippen LogP contribution is -2.30. The second kappa shape index (κ2) is 7.46. The van der Waals surface area contributed by atoms with E-state index in [0.29, 0.717) is 5.69 Å². The molecule has 2 aliphatic rings. The van der Waals surface area contributed by atoms with Gasteiger partial charge in [0.1, 0.15) is 5.75 Å². The van der Waals surface area contributed by atoms with Crippen molar-refractivity contribution in [1.29, 1.82) is 0 Å². The fraction of sp³-hybridized carbons (Fsp3) is 0.286. The number of carbonyl (C=O) groups excluding carboxylic acids is 3. The van der Waals surface area contributed by atoms with Crippen LogP contribution in [0.4, 0.5) is 11.4 Å². The Balaban J connectivity index is 1.47. The van der Waals surface area contributed by atoms with E-state index in [-0.39, 0.29) is 40.7 Å². The summed E-state index contributed by atoms with van der Waals surface area (Å²) in [5.41, 5.74) is 0.583. The smallest absolute Gasteiger partial charge is 0.343 e. The van der Waals surface area contributed by atoms with Gasteiger partial charge in [-0.3, -0.25) is 24.6 Å². The van der Waals surface area contributed by atoms with Gasteiger partial charge in [0.05, 0.1) is 28.0 Å². The topological polar surface area (TPSA) is 107 Å². The molecular formula is C21H18N2O6. The Labute approximate surface area is 166 Å². The van der Waals surface area contributed by atoms with Gasteiger partial charge in [0, 0.05) is 12.1 Å². The zero-order valence-electron chi connectivity index (χ0n) is 15.4. The number of ether oxygens (including phenoxy) is 1. The summed E-state index contributed by atoms with van der Waals surface area (Å²) in [6, 6.07) is 11.3. The van der Waals surface area contributed by atoms with Gasteiger partial charge in [-0.1, -0.05) is 12.8 Å². The third-order valence-electron chi connectivity index (χ3n) is 5.46. The molecular weight excluding hydrogens is 376 g/mol. The number of carbonyl (C=O) groups is 3. The van der Waals surface area contributed by atoms with Crippen molar-refractivity contribution in [2.75, 3.05) is 4.90 Å². The fourth-order valence-electron chi connectivity index (χ4n) is 3.97. The maximum Gasteiger partial charge on any atom is 0.343 e. The van der Waals surface area contributed by atoms with E-state index < -0.39 is 10.9 Å². The number of hydrogen-bond acceptors (Lipinski definition) is 6. The molecule has 2 fully saturated rings. The Morgan fingerprint density at radius 1 is 0.931 bits per heavy atom. The predicted octanol–water partition coefficient (Wildman–Crippen LogP) is 3.49. The number of non-ortho nitro benzene ring substituents is 1. The molecule has 0 aromatic heterocycles. The summed E-state index contributed by atoms with van der Waals surface area (Å²) in [7, 11) is 0. The lowest BCUT2D eigenvalue weighted by Gasteiger charge is -2.19. The summed E-state index contributed by atoms with van der Waals surface area (Å²) in [5.74, 6) is -1.26. The Bertz CT molecular complexity index is 959. The van der Waals surface area contributed by atoms with Crippen LogP contribution in [-0.2, 0) is 9.59 Å². The predicted molar refractivity (Wildman–Crippen MR) is 102 cm³/mol. The maximum absolute atomic E-state index is 12.7. The first-order valence-electron chi connectivity index (χ1n) is 9.40. The van der Waals surface area contributed by atoms with Crippen LogP contribution in [0.3, 0.4) is 0 Å². The number of imide groups is 1. The van der Waals surface area contributed by atoms with E-state index in [1.54, 1.807) is 12.1 Å². The third kappa shape index (κ3) is 3.49. The minimum Gasteiger partial charge on any atom is -0.423 e. The monoisotopic (exact) mass is 394 g/mol. The Morgan fingerprint density at radius 3 is 2.00 bits per heavy atom. The quantitative estimate of drug-likeness (QED) is 0.258. The molecule has 4 rings (SSSR count).